The maximum Gasteiger partial charge on any atom is 0.311 e. The largest absolute Gasteiger partial charge is 0.461 e. The van der Waals surface area contributed by atoms with Crippen molar-refractivity contribution in [3.63, 3.8) is 0 Å². The molecule has 1 fully saturated rings. The molecule has 2 aromatic carbocycles. The van der Waals surface area contributed by atoms with E-state index in [9.17, 15) is 9.59 Å². The van der Waals surface area contributed by atoms with Gasteiger partial charge in [0.2, 0.25) is 5.91 Å². The number of aryl methyl sites for hydroxylation is 1. The Bertz CT molecular complexity index is 803. The van der Waals surface area contributed by atoms with Crippen LogP contribution < -0.4 is 4.90 Å². The number of hydrogen-bond donors (Lipinski definition) is 0. The van der Waals surface area contributed by atoms with Crippen molar-refractivity contribution in [2.45, 2.75) is 39.2 Å². The summed E-state index contributed by atoms with van der Waals surface area (Å²) in [6, 6.07) is 15.7. The zero-order chi connectivity index (χ0) is 19.2. The maximum absolute atomic E-state index is 12.4. The van der Waals surface area contributed by atoms with E-state index in [0.717, 1.165) is 35.0 Å². The molecule has 142 valence electrons. The molecule has 0 spiro atoms. The summed E-state index contributed by atoms with van der Waals surface area (Å²) in [6.45, 7) is 2.77. The standard InChI is InChI=1S/C22H24BrNO3/c1-2-3-5-16-8-10-20(11-9-16)24-14-18(13-21(24)25)22(26)27-15-17-6-4-7-19(23)12-17/h4,6-12,18H,2-3,5,13-15H2,1H3. The van der Waals surface area contributed by atoms with Crippen molar-refractivity contribution in [2.75, 3.05) is 11.4 Å². The third kappa shape index (κ3) is 5.19. The molecular weight excluding hydrogens is 406 g/mol. The molecule has 1 aliphatic rings. The van der Waals surface area contributed by atoms with Gasteiger partial charge in [0.25, 0.3) is 0 Å². The fraction of sp³-hybridized carbons (Fsp3) is 0.364. The molecule has 0 aliphatic carbocycles. The molecule has 0 radical (unpaired) electrons. The van der Waals surface area contributed by atoms with Gasteiger partial charge in [0.05, 0.1) is 5.92 Å². The quantitative estimate of drug-likeness (QED) is 0.588. The van der Waals surface area contributed by atoms with Crippen molar-refractivity contribution in [3.05, 3.63) is 64.1 Å². The lowest BCUT2D eigenvalue weighted by atomic mass is 10.1. The molecule has 1 heterocycles. The number of hydrogen-bond acceptors (Lipinski definition) is 3. The number of carbonyl (C=O) groups is 2. The first kappa shape index (κ1) is 19.6. The van der Waals surface area contributed by atoms with E-state index in [1.54, 1.807) is 4.90 Å². The van der Waals surface area contributed by atoms with Crippen LogP contribution in [0.3, 0.4) is 0 Å². The molecule has 27 heavy (non-hydrogen) atoms. The third-order valence-corrected chi connectivity index (χ3v) is 5.29. The monoisotopic (exact) mass is 429 g/mol. The summed E-state index contributed by atoms with van der Waals surface area (Å²) in [4.78, 5) is 26.5. The van der Waals surface area contributed by atoms with Gasteiger partial charge >= 0.3 is 5.97 Å². The van der Waals surface area contributed by atoms with Crippen LogP contribution in [0.15, 0.2) is 53.0 Å². The number of halogens is 1. The summed E-state index contributed by atoms with van der Waals surface area (Å²) >= 11 is 3.40. The Morgan fingerprint density at radius 2 is 1.96 bits per heavy atom. The predicted octanol–water partition coefficient (Wildman–Crippen LogP) is 4.89. The molecule has 5 heteroatoms. The number of esters is 1. The van der Waals surface area contributed by atoms with E-state index in [1.165, 1.54) is 5.56 Å². The van der Waals surface area contributed by atoms with Crippen molar-refractivity contribution in [3.8, 4) is 0 Å². The van der Waals surface area contributed by atoms with E-state index in [0.29, 0.717) is 6.54 Å². The summed E-state index contributed by atoms with van der Waals surface area (Å²) in [5, 5.41) is 0. The van der Waals surface area contributed by atoms with Gasteiger partial charge in [0.1, 0.15) is 6.61 Å². The van der Waals surface area contributed by atoms with E-state index >= 15 is 0 Å². The van der Waals surface area contributed by atoms with Crippen LogP contribution in [0.25, 0.3) is 0 Å². The van der Waals surface area contributed by atoms with Crippen molar-refractivity contribution >= 4 is 33.5 Å². The van der Waals surface area contributed by atoms with E-state index in [1.807, 2.05) is 36.4 Å². The number of amides is 1. The van der Waals surface area contributed by atoms with Crippen LogP contribution in [0.4, 0.5) is 5.69 Å². The summed E-state index contributed by atoms with van der Waals surface area (Å²) in [5.74, 6) is -0.754. The number of ether oxygens (including phenoxy) is 1. The lowest BCUT2D eigenvalue weighted by molar-refractivity contribution is -0.149. The first-order valence-electron chi connectivity index (χ1n) is 9.37. The number of nitrogens with zero attached hydrogens (tertiary/aromatic N) is 1. The molecule has 3 rings (SSSR count). The fourth-order valence-corrected chi connectivity index (χ4v) is 3.68. The molecule has 2 aromatic rings. The van der Waals surface area contributed by atoms with Gasteiger partial charge in [-0.2, -0.15) is 0 Å². The topological polar surface area (TPSA) is 46.6 Å². The zero-order valence-electron chi connectivity index (χ0n) is 15.5. The Morgan fingerprint density at radius 1 is 1.19 bits per heavy atom. The van der Waals surface area contributed by atoms with E-state index in [2.05, 4.69) is 35.0 Å². The van der Waals surface area contributed by atoms with Crippen molar-refractivity contribution < 1.29 is 14.3 Å². The van der Waals surface area contributed by atoms with Crippen molar-refractivity contribution in [2.24, 2.45) is 5.92 Å². The lowest BCUT2D eigenvalue weighted by Gasteiger charge is -2.17. The van der Waals surface area contributed by atoms with Gasteiger partial charge < -0.3 is 9.64 Å². The van der Waals surface area contributed by atoms with Crippen LogP contribution in [0.1, 0.15) is 37.3 Å². The maximum atomic E-state index is 12.4. The van der Waals surface area contributed by atoms with Crippen LogP contribution in [-0.4, -0.2) is 18.4 Å². The first-order chi connectivity index (χ1) is 13.1. The van der Waals surface area contributed by atoms with Gasteiger partial charge in [-0.3, -0.25) is 9.59 Å². The van der Waals surface area contributed by atoms with Gasteiger partial charge in [-0.25, -0.2) is 0 Å². The summed E-state index contributed by atoms with van der Waals surface area (Å²) < 4.78 is 6.37. The SMILES string of the molecule is CCCCc1ccc(N2CC(C(=O)OCc3cccc(Br)c3)CC2=O)cc1. The second-order valence-corrected chi connectivity index (χ2v) is 7.83. The van der Waals surface area contributed by atoms with Crippen LogP contribution in [0.5, 0.6) is 0 Å². The third-order valence-electron chi connectivity index (χ3n) is 4.80. The van der Waals surface area contributed by atoms with Crippen LogP contribution in [-0.2, 0) is 27.4 Å². The lowest BCUT2D eigenvalue weighted by Crippen LogP contribution is -2.26. The second-order valence-electron chi connectivity index (χ2n) is 6.91. The Labute approximate surface area is 168 Å². The summed E-state index contributed by atoms with van der Waals surface area (Å²) in [5.41, 5.74) is 3.04. The highest BCUT2D eigenvalue weighted by Crippen LogP contribution is 2.27. The van der Waals surface area contributed by atoms with Crippen LogP contribution in [0, 0.1) is 5.92 Å². The molecule has 4 nitrogen and oxygen atoms in total. The minimum atomic E-state index is -0.413. The molecule has 1 saturated heterocycles. The second kappa shape index (κ2) is 9.18. The molecule has 1 unspecified atom stereocenters. The number of rotatable bonds is 7. The molecule has 0 N–H and O–H groups in total. The molecule has 1 aliphatic heterocycles. The Kier molecular flexibility index (Phi) is 6.67. The Morgan fingerprint density at radius 3 is 2.67 bits per heavy atom. The number of benzene rings is 2. The predicted molar refractivity (Wildman–Crippen MR) is 109 cm³/mol. The Hall–Kier alpha value is -2.14. The van der Waals surface area contributed by atoms with Crippen molar-refractivity contribution in [1.82, 2.24) is 0 Å². The normalized spacial score (nSPS) is 16.6. The smallest absolute Gasteiger partial charge is 0.311 e. The van der Waals surface area contributed by atoms with E-state index in [-0.39, 0.29) is 24.9 Å². The summed E-state index contributed by atoms with van der Waals surface area (Å²) in [6.07, 6.45) is 3.58. The van der Waals surface area contributed by atoms with Crippen molar-refractivity contribution in [1.29, 1.82) is 0 Å². The first-order valence-corrected chi connectivity index (χ1v) is 10.2. The van der Waals surface area contributed by atoms with Gasteiger partial charge in [0.15, 0.2) is 0 Å². The molecule has 1 atom stereocenters. The van der Waals surface area contributed by atoms with Crippen LogP contribution >= 0.6 is 15.9 Å². The van der Waals surface area contributed by atoms with Gasteiger partial charge in [-0.1, -0.05) is 53.5 Å². The minimum Gasteiger partial charge on any atom is -0.461 e. The average Bonchev–Trinajstić information content (AvgIpc) is 3.07. The number of carbonyl (C=O) groups excluding carboxylic acids is 2. The average molecular weight is 430 g/mol. The molecular formula is C22H24BrNO3. The zero-order valence-corrected chi connectivity index (χ0v) is 17.1. The molecule has 0 aromatic heterocycles. The van der Waals surface area contributed by atoms with E-state index in [4.69, 9.17) is 4.74 Å². The molecule has 1 amide bonds. The molecule has 0 bridgehead atoms. The number of unbranched alkanes of at least 4 members (excludes halogenated alkanes) is 1. The van der Waals surface area contributed by atoms with Gasteiger partial charge in [-0.05, 0) is 48.2 Å². The van der Waals surface area contributed by atoms with Gasteiger partial charge in [0, 0.05) is 23.1 Å². The number of anilines is 1. The Balaban J connectivity index is 1.57. The fourth-order valence-electron chi connectivity index (χ4n) is 3.24. The van der Waals surface area contributed by atoms with E-state index < -0.39 is 5.92 Å². The van der Waals surface area contributed by atoms with Crippen LogP contribution in [0.2, 0.25) is 0 Å². The van der Waals surface area contributed by atoms with Gasteiger partial charge in [-0.15, -0.1) is 0 Å². The highest BCUT2D eigenvalue weighted by Gasteiger charge is 2.36. The minimum absolute atomic E-state index is 0.0271. The molecule has 0 saturated carbocycles. The highest BCUT2D eigenvalue weighted by atomic mass is 79.9. The highest BCUT2D eigenvalue weighted by molar-refractivity contribution is 9.10. The summed E-state index contributed by atoms with van der Waals surface area (Å²) in [7, 11) is 0.